The first-order valence-electron chi connectivity index (χ1n) is 6.87. The van der Waals surface area contributed by atoms with Crippen LogP contribution in [-0.2, 0) is 9.53 Å². The molecule has 1 fully saturated rings. The van der Waals surface area contributed by atoms with Crippen LogP contribution in [0, 0.1) is 25.2 Å². The molecular weight excluding hydrogens is 240 g/mol. The highest BCUT2D eigenvalue weighted by Crippen LogP contribution is 2.41. The lowest BCUT2D eigenvalue weighted by atomic mass is 9.68. The van der Waals surface area contributed by atoms with Crippen molar-refractivity contribution in [3.05, 3.63) is 19.6 Å². The summed E-state index contributed by atoms with van der Waals surface area (Å²) in [5.74, 6) is 1.32. The number of hydrogen-bond acceptors (Lipinski definition) is 2. The van der Waals surface area contributed by atoms with Gasteiger partial charge in [-0.3, -0.25) is 4.79 Å². The monoisotopic (exact) mass is 268 g/mol. The van der Waals surface area contributed by atoms with Gasteiger partial charge in [-0.1, -0.05) is 26.0 Å². The second-order valence-corrected chi connectivity index (χ2v) is 6.40. The third-order valence-electron chi connectivity index (χ3n) is 3.88. The Morgan fingerprint density at radius 2 is 1.89 bits per heavy atom. The minimum Gasteiger partial charge on any atom is -0.460 e. The zero-order chi connectivity index (χ0) is 12.5. The SMILES string of the molecule is CC(C)(C)OC(=O)C1CCCC2C=CCCC21.O.[CH2]. The van der Waals surface area contributed by atoms with Crippen LogP contribution in [0.4, 0.5) is 0 Å². The fourth-order valence-corrected chi connectivity index (χ4v) is 3.18. The molecule has 3 nitrogen and oxygen atoms in total. The summed E-state index contributed by atoms with van der Waals surface area (Å²) in [7, 11) is 0. The first-order chi connectivity index (χ1) is 7.97. The lowest BCUT2D eigenvalue weighted by Crippen LogP contribution is -2.38. The maximum absolute atomic E-state index is 12.2. The molecule has 2 aliphatic carbocycles. The number of fused-ring (bicyclic) bond motifs is 1. The predicted octanol–water partition coefficient (Wildman–Crippen LogP) is 3.21. The molecule has 1 saturated carbocycles. The maximum atomic E-state index is 12.2. The molecule has 3 heteroatoms. The van der Waals surface area contributed by atoms with Crippen LogP contribution in [0.25, 0.3) is 0 Å². The molecule has 0 spiro atoms. The van der Waals surface area contributed by atoms with Gasteiger partial charge in [0.05, 0.1) is 5.92 Å². The summed E-state index contributed by atoms with van der Waals surface area (Å²) >= 11 is 0. The summed E-state index contributed by atoms with van der Waals surface area (Å²) in [5.41, 5.74) is -0.353. The van der Waals surface area contributed by atoms with Gasteiger partial charge in [0.15, 0.2) is 0 Å². The average molecular weight is 268 g/mol. The summed E-state index contributed by atoms with van der Waals surface area (Å²) in [6.45, 7) is 5.85. The standard InChI is InChI=1S/C15H24O2.CH2.H2O/c1-15(2,3)17-14(16)13-10-6-8-11-7-4-5-9-12(11)13;;/h4,7,11-13H,5-6,8-10H2,1-3H3;2*1H2. The van der Waals surface area contributed by atoms with Crippen molar-refractivity contribution in [2.75, 3.05) is 0 Å². The molecule has 2 aliphatic rings. The van der Waals surface area contributed by atoms with Gasteiger partial charge in [0, 0.05) is 0 Å². The maximum Gasteiger partial charge on any atom is 0.309 e. The fourth-order valence-electron chi connectivity index (χ4n) is 3.18. The minimum absolute atomic E-state index is 0. The number of rotatable bonds is 1. The lowest BCUT2D eigenvalue weighted by molar-refractivity contribution is -0.164. The van der Waals surface area contributed by atoms with E-state index in [1.807, 2.05) is 20.8 Å². The Hall–Kier alpha value is -0.830. The number of allylic oxidation sites excluding steroid dienone is 2. The van der Waals surface area contributed by atoms with Crippen LogP contribution in [0.5, 0.6) is 0 Å². The highest BCUT2D eigenvalue weighted by Gasteiger charge is 2.38. The highest BCUT2D eigenvalue weighted by molar-refractivity contribution is 5.73. The van der Waals surface area contributed by atoms with Gasteiger partial charge in [-0.05, 0) is 58.3 Å². The Labute approximate surface area is 117 Å². The summed E-state index contributed by atoms with van der Waals surface area (Å²) in [6, 6.07) is 0. The summed E-state index contributed by atoms with van der Waals surface area (Å²) in [5, 5.41) is 0. The minimum atomic E-state index is -0.353. The van der Waals surface area contributed by atoms with E-state index in [9.17, 15) is 4.79 Å². The molecule has 0 heterocycles. The Kier molecular flexibility index (Phi) is 6.78. The van der Waals surface area contributed by atoms with Crippen molar-refractivity contribution >= 4 is 5.97 Å². The first kappa shape index (κ1) is 18.2. The summed E-state index contributed by atoms with van der Waals surface area (Å²) in [4.78, 5) is 12.2. The molecule has 3 atom stereocenters. The van der Waals surface area contributed by atoms with E-state index < -0.39 is 0 Å². The van der Waals surface area contributed by atoms with E-state index in [2.05, 4.69) is 12.2 Å². The zero-order valence-corrected chi connectivity index (χ0v) is 12.4. The smallest absolute Gasteiger partial charge is 0.309 e. The Morgan fingerprint density at radius 3 is 2.53 bits per heavy atom. The van der Waals surface area contributed by atoms with Gasteiger partial charge in [-0.2, -0.15) is 0 Å². The van der Waals surface area contributed by atoms with Crippen LogP contribution in [0.3, 0.4) is 0 Å². The molecule has 2 N–H and O–H groups in total. The van der Waals surface area contributed by atoms with E-state index in [1.54, 1.807) is 0 Å². The Balaban J connectivity index is 0.00000162. The molecule has 110 valence electrons. The predicted molar refractivity (Wildman–Crippen MR) is 77.5 cm³/mol. The van der Waals surface area contributed by atoms with Gasteiger partial charge in [-0.15, -0.1) is 0 Å². The van der Waals surface area contributed by atoms with Crippen molar-refractivity contribution in [1.82, 2.24) is 0 Å². The van der Waals surface area contributed by atoms with E-state index in [0.29, 0.717) is 11.8 Å². The van der Waals surface area contributed by atoms with Gasteiger partial charge in [0.2, 0.25) is 0 Å². The molecule has 0 aromatic carbocycles. The molecule has 2 radical (unpaired) electrons. The average Bonchev–Trinajstić information content (AvgIpc) is 2.26. The first-order valence-corrected chi connectivity index (χ1v) is 6.87. The molecular formula is C16H28O3. The number of esters is 1. The van der Waals surface area contributed by atoms with Crippen molar-refractivity contribution in [1.29, 1.82) is 0 Å². The quantitative estimate of drug-likeness (QED) is 0.541. The largest absolute Gasteiger partial charge is 0.460 e. The number of carbonyl (C=O) groups is 1. The molecule has 0 aliphatic heterocycles. The van der Waals surface area contributed by atoms with Crippen LogP contribution in [-0.4, -0.2) is 17.0 Å². The molecule has 0 bridgehead atoms. The molecule has 0 aromatic rings. The van der Waals surface area contributed by atoms with Crippen molar-refractivity contribution < 1.29 is 15.0 Å². The second-order valence-electron chi connectivity index (χ2n) is 6.40. The van der Waals surface area contributed by atoms with Gasteiger partial charge in [0.25, 0.3) is 0 Å². The molecule has 2 rings (SSSR count). The van der Waals surface area contributed by atoms with Crippen LogP contribution in [0.15, 0.2) is 12.2 Å². The summed E-state index contributed by atoms with van der Waals surface area (Å²) < 4.78 is 5.56. The second kappa shape index (κ2) is 7.09. The van der Waals surface area contributed by atoms with Crippen LogP contribution in [0.1, 0.15) is 52.9 Å². The summed E-state index contributed by atoms with van der Waals surface area (Å²) in [6.07, 6.45) is 10.3. The highest BCUT2D eigenvalue weighted by atomic mass is 16.6. The van der Waals surface area contributed by atoms with Crippen LogP contribution >= 0.6 is 0 Å². The van der Waals surface area contributed by atoms with E-state index >= 15 is 0 Å². The number of hydrogen-bond donors (Lipinski definition) is 0. The molecule has 0 saturated heterocycles. The normalized spacial score (nSPS) is 29.5. The van der Waals surface area contributed by atoms with Crippen molar-refractivity contribution in [2.24, 2.45) is 17.8 Å². The lowest BCUT2D eigenvalue weighted by Gasteiger charge is -2.38. The van der Waals surface area contributed by atoms with E-state index in [0.717, 1.165) is 25.7 Å². The van der Waals surface area contributed by atoms with Crippen molar-refractivity contribution in [2.45, 2.75) is 58.5 Å². The molecule has 19 heavy (non-hydrogen) atoms. The van der Waals surface area contributed by atoms with Gasteiger partial charge in [-0.25, -0.2) is 0 Å². The number of carbonyl (C=O) groups excluding carboxylic acids is 1. The van der Waals surface area contributed by atoms with Crippen molar-refractivity contribution in [3.8, 4) is 0 Å². The van der Waals surface area contributed by atoms with Crippen LogP contribution in [0.2, 0.25) is 0 Å². The van der Waals surface area contributed by atoms with Gasteiger partial charge >= 0.3 is 5.97 Å². The molecule has 0 aromatic heterocycles. The Morgan fingerprint density at radius 1 is 1.21 bits per heavy atom. The van der Waals surface area contributed by atoms with Crippen LogP contribution < -0.4 is 0 Å². The topological polar surface area (TPSA) is 57.8 Å². The molecule has 0 amide bonds. The molecule has 3 unspecified atom stereocenters. The fraction of sp³-hybridized carbons (Fsp3) is 0.750. The van der Waals surface area contributed by atoms with E-state index in [4.69, 9.17) is 4.74 Å². The zero-order valence-electron chi connectivity index (χ0n) is 12.4. The van der Waals surface area contributed by atoms with E-state index in [-0.39, 0.29) is 30.4 Å². The van der Waals surface area contributed by atoms with Crippen molar-refractivity contribution in [3.63, 3.8) is 0 Å². The van der Waals surface area contributed by atoms with Gasteiger partial charge in [0.1, 0.15) is 5.60 Å². The third-order valence-corrected chi connectivity index (χ3v) is 3.88. The van der Waals surface area contributed by atoms with Gasteiger partial charge < -0.3 is 10.2 Å². The Bertz CT molecular complexity index is 314. The van der Waals surface area contributed by atoms with E-state index in [1.165, 1.54) is 6.42 Å². The number of ether oxygens (including phenoxy) is 1. The third kappa shape index (κ3) is 4.64.